The molecule has 2 heterocycles. The minimum absolute atomic E-state index is 0.0531. The van der Waals surface area contributed by atoms with Crippen LogP contribution in [0.1, 0.15) is 61.0 Å². The monoisotopic (exact) mass is 488 g/mol. The summed E-state index contributed by atoms with van der Waals surface area (Å²) in [5.41, 5.74) is 4.60. The second-order valence-electron chi connectivity index (χ2n) is 9.31. The fourth-order valence-corrected chi connectivity index (χ4v) is 4.67. The average Bonchev–Trinajstić information content (AvgIpc) is 3.14. The van der Waals surface area contributed by atoms with Crippen molar-refractivity contribution in [3.8, 4) is 0 Å². The highest BCUT2D eigenvalue weighted by Crippen LogP contribution is 2.48. The lowest BCUT2D eigenvalue weighted by molar-refractivity contribution is -0.114. The van der Waals surface area contributed by atoms with E-state index in [1.807, 2.05) is 0 Å². The summed E-state index contributed by atoms with van der Waals surface area (Å²) >= 11 is 1.24. The van der Waals surface area contributed by atoms with Crippen molar-refractivity contribution in [3.63, 3.8) is 0 Å². The summed E-state index contributed by atoms with van der Waals surface area (Å²) in [7, 11) is 0. The number of amides is 2. The van der Waals surface area contributed by atoms with E-state index in [-0.39, 0.29) is 18.7 Å². The van der Waals surface area contributed by atoms with Crippen LogP contribution < -0.4 is 16.4 Å². The van der Waals surface area contributed by atoms with E-state index < -0.39 is 34.1 Å². The summed E-state index contributed by atoms with van der Waals surface area (Å²) < 4.78 is 14.9. The molecule has 0 saturated heterocycles. The number of anilines is 1. The van der Waals surface area contributed by atoms with Crippen LogP contribution in [0.4, 0.5) is 10.2 Å². The Morgan fingerprint density at radius 1 is 1.21 bits per heavy atom. The highest BCUT2D eigenvalue weighted by atomic mass is 32.2. The lowest BCUT2D eigenvalue weighted by Crippen LogP contribution is -2.38. The van der Waals surface area contributed by atoms with Crippen LogP contribution in [0.5, 0.6) is 0 Å². The molecule has 182 valence electrons. The van der Waals surface area contributed by atoms with Crippen molar-refractivity contribution in [2.75, 3.05) is 11.9 Å². The Kier molecular flexibility index (Phi) is 7.35. The van der Waals surface area contributed by atoms with Crippen LogP contribution in [0.25, 0.3) is 0 Å². The normalized spacial score (nSPS) is 16.5. The number of primary amides is 1. The Balaban J connectivity index is 1.79. The van der Waals surface area contributed by atoms with Crippen molar-refractivity contribution < 1.29 is 24.2 Å². The average molecular weight is 489 g/mol. The first kappa shape index (κ1) is 25.7. The molecule has 0 fully saturated rings. The maximum Gasteiger partial charge on any atom is 0.270 e. The molecule has 2 aromatic rings. The second-order valence-corrected chi connectivity index (χ2v) is 10.5. The van der Waals surface area contributed by atoms with E-state index in [0.717, 1.165) is 0 Å². The number of carbonyl (C=O) groups is 2. The van der Waals surface area contributed by atoms with Crippen LogP contribution in [0.2, 0.25) is 0 Å². The maximum atomic E-state index is 14.9. The van der Waals surface area contributed by atoms with Crippen molar-refractivity contribution in [2.45, 2.75) is 50.6 Å². The van der Waals surface area contributed by atoms with Crippen molar-refractivity contribution >= 4 is 29.4 Å². The Morgan fingerprint density at radius 2 is 1.91 bits per heavy atom. The molecule has 1 unspecified atom stereocenters. The molecule has 6 N–H and O–H groups in total. The Hall–Kier alpha value is -2.95. The van der Waals surface area contributed by atoms with Gasteiger partial charge in [-0.1, -0.05) is 30.0 Å². The molecule has 0 aliphatic carbocycles. The number of hydrogen-bond donors (Lipinski definition) is 5. The van der Waals surface area contributed by atoms with Gasteiger partial charge in [-0.05, 0) is 57.9 Å². The number of hydrogen-bond acceptors (Lipinski definition) is 7. The van der Waals surface area contributed by atoms with Crippen LogP contribution in [-0.4, -0.2) is 39.2 Å². The van der Waals surface area contributed by atoms with Gasteiger partial charge >= 0.3 is 0 Å². The Labute approximate surface area is 201 Å². The van der Waals surface area contributed by atoms with Gasteiger partial charge in [0.2, 0.25) is 5.91 Å². The first-order valence-corrected chi connectivity index (χ1v) is 11.6. The van der Waals surface area contributed by atoms with E-state index >= 15 is 0 Å². The topological polar surface area (TPSA) is 138 Å². The van der Waals surface area contributed by atoms with Gasteiger partial charge in [-0.2, -0.15) is 0 Å². The molecular weight excluding hydrogens is 459 g/mol. The molecule has 34 heavy (non-hydrogen) atoms. The number of thioether (sulfide) groups is 1. The molecule has 0 spiro atoms. The van der Waals surface area contributed by atoms with Crippen LogP contribution >= 0.6 is 11.8 Å². The molecule has 3 rings (SSSR count). The highest BCUT2D eigenvalue weighted by molar-refractivity contribution is 8.03. The van der Waals surface area contributed by atoms with E-state index in [2.05, 4.69) is 15.6 Å². The van der Waals surface area contributed by atoms with E-state index in [4.69, 9.17) is 5.73 Å². The van der Waals surface area contributed by atoms with Crippen molar-refractivity contribution in [3.05, 3.63) is 69.6 Å². The van der Waals surface area contributed by atoms with Gasteiger partial charge in [-0.15, -0.1) is 0 Å². The number of nitrogens with two attached hydrogens (primary N) is 1. The fourth-order valence-electron chi connectivity index (χ4n) is 3.33. The lowest BCUT2D eigenvalue weighted by Gasteiger charge is -2.20. The molecule has 1 aliphatic rings. The van der Waals surface area contributed by atoms with E-state index in [1.54, 1.807) is 52.0 Å². The summed E-state index contributed by atoms with van der Waals surface area (Å²) in [6, 6.07) is 9.34. The largest absolute Gasteiger partial charge is 0.389 e. The van der Waals surface area contributed by atoms with E-state index in [0.29, 0.717) is 27.5 Å². The summed E-state index contributed by atoms with van der Waals surface area (Å²) in [5.74, 6) is -1.26. The number of pyridine rings is 1. The van der Waals surface area contributed by atoms with Gasteiger partial charge in [0.1, 0.15) is 17.3 Å². The summed E-state index contributed by atoms with van der Waals surface area (Å²) in [5, 5.41) is 25.6. The van der Waals surface area contributed by atoms with E-state index in [1.165, 1.54) is 23.9 Å². The molecular formula is C24H29FN4O4S. The molecule has 1 aromatic carbocycles. The zero-order chi connectivity index (χ0) is 25.3. The van der Waals surface area contributed by atoms with Crippen LogP contribution in [0.3, 0.4) is 0 Å². The van der Waals surface area contributed by atoms with Crippen molar-refractivity contribution in [2.24, 2.45) is 5.73 Å². The molecule has 10 heteroatoms. The van der Waals surface area contributed by atoms with Gasteiger partial charge in [-0.25, -0.2) is 9.37 Å². The van der Waals surface area contributed by atoms with Crippen molar-refractivity contribution in [1.82, 2.24) is 10.3 Å². The third-order valence-electron chi connectivity index (χ3n) is 5.18. The third kappa shape index (κ3) is 6.34. The smallest absolute Gasteiger partial charge is 0.270 e. The molecule has 0 radical (unpaired) electrons. The molecule has 0 bridgehead atoms. The van der Waals surface area contributed by atoms with Gasteiger partial charge in [0.05, 0.1) is 16.2 Å². The number of halogens is 1. The van der Waals surface area contributed by atoms with Gasteiger partial charge in [0.15, 0.2) is 0 Å². The number of aliphatic hydroxyl groups is 2. The van der Waals surface area contributed by atoms with Crippen LogP contribution in [-0.2, 0) is 10.4 Å². The number of nitrogens with zero attached hydrogens (tertiary/aromatic N) is 1. The quantitative estimate of drug-likeness (QED) is 0.385. The molecule has 8 nitrogen and oxygen atoms in total. The zero-order valence-electron chi connectivity index (χ0n) is 19.5. The molecule has 1 aliphatic heterocycles. The van der Waals surface area contributed by atoms with Crippen LogP contribution in [0, 0.1) is 5.82 Å². The number of nitrogens with one attached hydrogen (secondary N) is 2. The predicted octanol–water partition coefficient (Wildman–Crippen LogP) is 2.94. The standard InChI is InChI=1S/C24H29FN4O4S/c1-23(2,32)12-27-21(31)17-6-5-7-19(28-17)29-22-15(20(26)30)11-18(34-22)14-9-8-13(10-16(14)25)24(3,4)33/h5-10,18,32-33H,11-12H2,1-4H3,(H2,26,30)(H,27,31)(H,28,29). The molecule has 0 saturated carbocycles. The van der Waals surface area contributed by atoms with Crippen molar-refractivity contribution in [1.29, 1.82) is 0 Å². The van der Waals surface area contributed by atoms with E-state index in [9.17, 15) is 24.2 Å². The summed E-state index contributed by atoms with van der Waals surface area (Å²) in [4.78, 5) is 28.7. The first-order chi connectivity index (χ1) is 15.7. The third-order valence-corrected chi connectivity index (χ3v) is 6.47. The van der Waals surface area contributed by atoms with Gasteiger partial charge in [0, 0.05) is 22.9 Å². The number of rotatable bonds is 8. The number of carbonyl (C=O) groups excluding carboxylic acids is 2. The van der Waals surface area contributed by atoms with Gasteiger partial charge in [-0.3, -0.25) is 9.59 Å². The zero-order valence-corrected chi connectivity index (χ0v) is 20.3. The second kappa shape index (κ2) is 9.73. The Bertz CT molecular complexity index is 1140. The SMILES string of the molecule is CC(C)(O)CNC(=O)c1cccc(NC2=C(C(N)=O)CC(c3ccc(C(C)(C)O)cc3F)S2)n1. The van der Waals surface area contributed by atoms with Gasteiger partial charge < -0.3 is 26.6 Å². The minimum Gasteiger partial charge on any atom is -0.389 e. The summed E-state index contributed by atoms with van der Waals surface area (Å²) in [6.07, 6.45) is 0.215. The fraction of sp³-hybridized carbons (Fsp3) is 0.375. The van der Waals surface area contributed by atoms with Crippen LogP contribution in [0.15, 0.2) is 47.0 Å². The number of benzene rings is 1. The molecule has 2 amide bonds. The molecule has 1 aromatic heterocycles. The lowest BCUT2D eigenvalue weighted by atomic mass is 9.95. The Morgan fingerprint density at radius 3 is 2.50 bits per heavy atom. The molecule has 1 atom stereocenters. The minimum atomic E-state index is -1.18. The predicted molar refractivity (Wildman–Crippen MR) is 129 cm³/mol. The summed E-state index contributed by atoms with van der Waals surface area (Å²) in [6.45, 7) is 6.35. The van der Waals surface area contributed by atoms with Gasteiger partial charge in [0.25, 0.3) is 5.91 Å². The maximum absolute atomic E-state index is 14.9. The first-order valence-electron chi connectivity index (χ1n) is 10.7. The number of aromatic nitrogens is 1. The highest BCUT2D eigenvalue weighted by Gasteiger charge is 2.32.